The molecule has 0 fully saturated rings. The van der Waals surface area contributed by atoms with E-state index in [0.717, 1.165) is 6.07 Å². The fraction of sp³-hybridized carbons (Fsp3) is 0.222. The number of nitrogens with zero attached hydrogens (tertiary/aromatic N) is 2. The minimum Gasteiger partial charge on any atom is -0.405 e. The molecule has 1 aliphatic rings. The van der Waals surface area contributed by atoms with E-state index in [9.17, 15) is 27.5 Å². The minimum absolute atomic E-state index is 0.0685. The Balaban J connectivity index is 1.68. The molecule has 2 heterocycles. The lowest BCUT2D eigenvalue weighted by atomic mass is 9.98. The lowest BCUT2D eigenvalue weighted by Gasteiger charge is -2.20. The van der Waals surface area contributed by atoms with Gasteiger partial charge >= 0.3 is 6.36 Å². The molecule has 2 N–H and O–H groups in total. The number of hydrogen-bond acceptors (Lipinski definition) is 5. The van der Waals surface area contributed by atoms with Gasteiger partial charge in [-0.15, -0.1) is 13.2 Å². The maximum absolute atomic E-state index is 13.3. The van der Waals surface area contributed by atoms with E-state index in [-0.39, 0.29) is 36.4 Å². The van der Waals surface area contributed by atoms with Crippen LogP contribution in [0.3, 0.4) is 0 Å². The summed E-state index contributed by atoms with van der Waals surface area (Å²) in [5.74, 6) is -1.64. The molecular formula is C27H23F4N3O3. The Kier molecular flexibility index (Phi) is 7.98. The number of halogens is 4. The molecule has 10 heteroatoms. The van der Waals surface area contributed by atoms with Crippen molar-refractivity contribution in [2.75, 3.05) is 13.2 Å². The number of carbonyl (C=O) groups excluding carboxylic acids is 1. The summed E-state index contributed by atoms with van der Waals surface area (Å²) < 4.78 is 57.3. The monoisotopic (exact) mass is 513 g/mol. The van der Waals surface area contributed by atoms with Crippen molar-refractivity contribution >= 4 is 17.2 Å². The van der Waals surface area contributed by atoms with Crippen molar-refractivity contribution in [1.82, 2.24) is 10.3 Å². The summed E-state index contributed by atoms with van der Waals surface area (Å²) in [6, 6.07) is 14.2. The molecule has 0 saturated heterocycles. The molecule has 0 saturated carbocycles. The van der Waals surface area contributed by atoms with E-state index in [1.807, 2.05) is 0 Å². The third-order valence-corrected chi connectivity index (χ3v) is 5.69. The zero-order valence-corrected chi connectivity index (χ0v) is 19.5. The van der Waals surface area contributed by atoms with Crippen molar-refractivity contribution < 1.29 is 32.2 Å². The van der Waals surface area contributed by atoms with Crippen LogP contribution >= 0.6 is 0 Å². The quantitative estimate of drug-likeness (QED) is 0.406. The SMILES string of the molecule is O=C(N[C@@H](CCO)Cc1ccccn1)c1cccc(OC(F)(F)F)c1C1=NCC(c2ccc(F)cc2)=C1. The van der Waals surface area contributed by atoms with E-state index < -0.39 is 29.9 Å². The number of ether oxygens (including phenoxy) is 1. The van der Waals surface area contributed by atoms with Gasteiger partial charge < -0.3 is 15.2 Å². The van der Waals surface area contributed by atoms with Gasteiger partial charge in [-0.05, 0) is 60.0 Å². The van der Waals surface area contributed by atoms with Crippen LogP contribution < -0.4 is 10.1 Å². The van der Waals surface area contributed by atoms with E-state index >= 15 is 0 Å². The summed E-state index contributed by atoms with van der Waals surface area (Å²) in [6.07, 6.45) is -1.30. The van der Waals surface area contributed by atoms with Crippen LogP contribution in [-0.4, -0.2) is 47.3 Å². The Morgan fingerprint density at radius 1 is 1.08 bits per heavy atom. The molecule has 3 aromatic rings. The molecule has 0 unspecified atom stereocenters. The van der Waals surface area contributed by atoms with Crippen LogP contribution in [-0.2, 0) is 6.42 Å². The number of aromatic nitrogens is 1. The molecule has 0 aliphatic carbocycles. The van der Waals surface area contributed by atoms with Gasteiger partial charge in [0, 0.05) is 31.0 Å². The Morgan fingerprint density at radius 3 is 2.54 bits per heavy atom. The van der Waals surface area contributed by atoms with E-state index in [0.29, 0.717) is 23.3 Å². The predicted octanol–water partition coefficient (Wildman–Crippen LogP) is 4.73. The predicted molar refractivity (Wildman–Crippen MR) is 130 cm³/mol. The summed E-state index contributed by atoms with van der Waals surface area (Å²) in [7, 11) is 0. The second-order valence-corrected chi connectivity index (χ2v) is 8.31. The lowest BCUT2D eigenvalue weighted by molar-refractivity contribution is -0.274. The van der Waals surface area contributed by atoms with E-state index in [1.165, 1.54) is 24.3 Å². The molecule has 1 aromatic heterocycles. The summed E-state index contributed by atoms with van der Waals surface area (Å²) in [5, 5.41) is 12.3. The van der Waals surface area contributed by atoms with Gasteiger partial charge in [0.15, 0.2) is 0 Å². The topological polar surface area (TPSA) is 83.8 Å². The number of hydrogen-bond donors (Lipinski definition) is 2. The van der Waals surface area contributed by atoms with Gasteiger partial charge in [0.25, 0.3) is 5.91 Å². The zero-order valence-electron chi connectivity index (χ0n) is 19.5. The summed E-state index contributed by atoms with van der Waals surface area (Å²) >= 11 is 0. The average Bonchev–Trinajstić information content (AvgIpc) is 3.34. The maximum atomic E-state index is 13.3. The number of rotatable bonds is 9. The van der Waals surface area contributed by atoms with Gasteiger partial charge in [-0.25, -0.2) is 4.39 Å². The number of amides is 1. The van der Waals surface area contributed by atoms with Crippen LogP contribution in [0.15, 0.2) is 77.9 Å². The number of aliphatic hydroxyl groups is 1. The summed E-state index contributed by atoms with van der Waals surface area (Å²) in [6.45, 7) is -0.0759. The number of benzene rings is 2. The lowest BCUT2D eigenvalue weighted by Crippen LogP contribution is -2.38. The van der Waals surface area contributed by atoms with Crippen molar-refractivity contribution in [3.63, 3.8) is 0 Å². The third kappa shape index (κ3) is 6.79. The van der Waals surface area contributed by atoms with Gasteiger partial charge in [-0.3, -0.25) is 14.8 Å². The second kappa shape index (κ2) is 11.3. The first-order valence-electron chi connectivity index (χ1n) is 11.4. The molecular weight excluding hydrogens is 490 g/mol. The van der Waals surface area contributed by atoms with Crippen molar-refractivity contribution in [3.8, 4) is 5.75 Å². The first kappa shape index (κ1) is 26.0. The van der Waals surface area contributed by atoms with Crippen molar-refractivity contribution in [1.29, 1.82) is 0 Å². The van der Waals surface area contributed by atoms with Crippen molar-refractivity contribution in [3.05, 3.63) is 101 Å². The smallest absolute Gasteiger partial charge is 0.405 e. The number of alkyl halides is 3. The normalized spacial score (nSPS) is 14.1. The van der Waals surface area contributed by atoms with Gasteiger partial charge in [0.1, 0.15) is 11.6 Å². The zero-order chi connectivity index (χ0) is 26.4. The highest BCUT2D eigenvalue weighted by atomic mass is 19.4. The minimum atomic E-state index is -5.00. The molecule has 37 heavy (non-hydrogen) atoms. The Bertz CT molecular complexity index is 1310. The summed E-state index contributed by atoms with van der Waals surface area (Å²) in [5.41, 5.74) is 1.93. The van der Waals surface area contributed by atoms with Crippen LogP contribution in [0.2, 0.25) is 0 Å². The van der Waals surface area contributed by atoms with E-state index in [4.69, 9.17) is 0 Å². The highest BCUT2D eigenvalue weighted by Gasteiger charge is 2.34. The van der Waals surface area contributed by atoms with Crippen LogP contribution in [0.25, 0.3) is 5.57 Å². The first-order valence-corrected chi connectivity index (χ1v) is 11.4. The van der Waals surface area contributed by atoms with E-state index in [1.54, 1.807) is 42.6 Å². The summed E-state index contributed by atoms with van der Waals surface area (Å²) in [4.78, 5) is 21.9. The van der Waals surface area contributed by atoms with Crippen LogP contribution in [0, 0.1) is 5.82 Å². The van der Waals surface area contributed by atoms with Crippen molar-refractivity contribution in [2.45, 2.75) is 25.2 Å². The number of allylic oxidation sites excluding steroid dienone is 1. The van der Waals surface area contributed by atoms with Gasteiger partial charge in [0.05, 0.1) is 23.4 Å². The fourth-order valence-electron chi connectivity index (χ4n) is 4.03. The molecule has 1 atom stereocenters. The molecule has 192 valence electrons. The number of aliphatic hydroxyl groups excluding tert-OH is 1. The second-order valence-electron chi connectivity index (χ2n) is 8.31. The Labute approximate surface area is 210 Å². The Hall–Kier alpha value is -4.05. The number of pyridine rings is 1. The molecule has 0 radical (unpaired) electrons. The third-order valence-electron chi connectivity index (χ3n) is 5.69. The highest BCUT2D eigenvalue weighted by molar-refractivity contribution is 6.20. The number of aliphatic imine (C=N–C) groups is 1. The Morgan fingerprint density at radius 2 is 1.86 bits per heavy atom. The molecule has 1 aliphatic heterocycles. The highest BCUT2D eigenvalue weighted by Crippen LogP contribution is 2.32. The molecule has 6 nitrogen and oxygen atoms in total. The van der Waals surface area contributed by atoms with E-state index in [2.05, 4.69) is 20.0 Å². The van der Waals surface area contributed by atoms with Crippen LogP contribution in [0.5, 0.6) is 5.75 Å². The first-order chi connectivity index (χ1) is 17.7. The maximum Gasteiger partial charge on any atom is 0.573 e. The molecule has 2 aromatic carbocycles. The van der Waals surface area contributed by atoms with Gasteiger partial charge in [-0.1, -0.05) is 24.3 Å². The standard InChI is InChI=1S/C27H23F4N3O3/c28-19-9-7-17(8-10-19)18-14-23(33-16-18)25-22(5-3-6-24(25)37-27(29,30)31)26(36)34-21(11-13-35)15-20-4-1-2-12-32-20/h1-10,12,14,21,35H,11,13,15-16H2,(H,34,36)/t21-/m0/s1. The molecule has 1 amide bonds. The fourth-order valence-corrected chi connectivity index (χ4v) is 4.03. The average molecular weight is 513 g/mol. The largest absolute Gasteiger partial charge is 0.573 e. The molecule has 0 spiro atoms. The number of nitrogens with one attached hydrogen (secondary N) is 1. The molecule has 4 rings (SSSR count). The van der Waals surface area contributed by atoms with Crippen LogP contribution in [0.1, 0.15) is 33.6 Å². The van der Waals surface area contributed by atoms with Crippen LogP contribution in [0.4, 0.5) is 17.6 Å². The number of carbonyl (C=O) groups is 1. The van der Waals surface area contributed by atoms with Gasteiger partial charge in [0.2, 0.25) is 0 Å². The molecule has 0 bridgehead atoms. The van der Waals surface area contributed by atoms with Crippen molar-refractivity contribution in [2.24, 2.45) is 4.99 Å². The van der Waals surface area contributed by atoms with Gasteiger partial charge in [-0.2, -0.15) is 0 Å².